The smallest absolute Gasteiger partial charge is 0.296 e. The number of likely N-dealkylation sites (tertiary alicyclic amines) is 1. The van der Waals surface area contributed by atoms with Gasteiger partial charge in [-0.05, 0) is 50.9 Å². The van der Waals surface area contributed by atoms with E-state index in [1.165, 1.54) is 19.2 Å². The second kappa shape index (κ2) is 7.41. The molecule has 1 heterocycles. The number of hydrogen-bond donors (Lipinski definition) is 1. The number of ether oxygens (including phenoxy) is 1. The lowest BCUT2D eigenvalue weighted by atomic mass is 9.98. The van der Waals surface area contributed by atoms with Gasteiger partial charge in [-0.3, -0.25) is 19.8 Å². The molecular formula is C16H23N3O4. The zero-order valence-corrected chi connectivity index (χ0v) is 13.7. The van der Waals surface area contributed by atoms with E-state index < -0.39 is 4.92 Å². The average molecular weight is 321 g/mol. The Morgan fingerprint density at radius 3 is 2.65 bits per heavy atom. The highest BCUT2D eigenvalue weighted by molar-refractivity contribution is 5.96. The minimum Gasteiger partial charge on any atom is -0.496 e. The number of rotatable bonds is 5. The van der Waals surface area contributed by atoms with Gasteiger partial charge in [0.25, 0.3) is 5.69 Å². The monoisotopic (exact) mass is 321 g/mol. The highest BCUT2D eigenvalue weighted by Crippen LogP contribution is 2.29. The van der Waals surface area contributed by atoms with Crippen LogP contribution < -0.4 is 10.1 Å². The molecule has 0 unspecified atom stereocenters. The molecule has 0 spiro atoms. The van der Waals surface area contributed by atoms with Crippen molar-refractivity contribution in [2.75, 3.05) is 25.5 Å². The highest BCUT2D eigenvalue weighted by atomic mass is 16.6. The Morgan fingerprint density at radius 2 is 2.09 bits per heavy atom. The summed E-state index contributed by atoms with van der Waals surface area (Å²) in [6, 6.07) is 4.09. The first kappa shape index (κ1) is 17.2. The summed E-state index contributed by atoms with van der Waals surface area (Å²) in [6.07, 6.45) is 2.14. The lowest BCUT2D eigenvalue weighted by Crippen LogP contribution is -2.45. The predicted octanol–water partition coefficient (Wildman–Crippen LogP) is 2.66. The Labute approximate surface area is 135 Å². The van der Waals surface area contributed by atoms with Crippen LogP contribution in [0.3, 0.4) is 0 Å². The summed E-state index contributed by atoms with van der Waals surface area (Å²) < 4.78 is 4.99. The maximum Gasteiger partial charge on any atom is 0.296 e. The summed E-state index contributed by atoms with van der Waals surface area (Å²) in [5, 5.41) is 13.8. The summed E-state index contributed by atoms with van der Waals surface area (Å²) in [5.41, 5.74) is 0.0233. The molecule has 23 heavy (non-hydrogen) atoms. The van der Waals surface area contributed by atoms with Crippen LogP contribution in [0.5, 0.6) is 5.75 Å². The van der Waals surface area contributed by atoms with Crippen molar-refractivity contribution in [3.8, 4) is 5.75 Å². The van der Waals surface area contributed by atoms with Crippen molar-refractivity contribution in [1.29, 1.82) is 0 Å². The van der Waals surface area contributed by atoms with E-state index in [1.54, 1.807) is 6.07 Å². The van der Waals surface area contributed by atoms with Gasteiger partial charge in [0.2, 0.25) is 5.91 Å². The number of nitrogens with one attached hydrogen (secondary N) is 1. The molecule has 1 aromatic rings. The molecule has 1 N–H and O–H groups in total. The second-order valence-corrected chi connectivity index (χ2v) is 6.02. The molecule has 1 atom stereocenters. The van der Waals surface area contributed by atoms with Crippen molar-refractivity contribution < 1.29 is 14.5 Å². The quantitative estimate of drug-likeness (QED) is 0.666. The Balaban J connectivity index is 2.09. The Bertz CT molecular complexity index is 583. The van der Waals surface area contributed by atoms with Gasteiger partial charge in [0.1, 0.15) is 11.4 Å². The van der Waals surface area contributed by atoms with Crippen molar-refractivity contribution in [3.63, 3.8) is 0 Å². The van der Waals surface area contributed by atoms with E-state index in [4.69, 9.17) is 4.74 Å². The fourth-order valence-electron chi connectivity index (χ4n) is 2.71. The number of carbonyl (C=O) groups excluding carboxylic acids is 1. The van der Waals surface area contributed by atoms with Crippen LogP contribution in [-0.4, -0.2) is 42.0 Å². The van der Waals surface area contributed by atoms with Gasteiger partial charge in [-0.15, -0.1) is 0 Å². The topological polar surface area (TPSA) is 84.7 Å². The molecule has 1 fully saturated rings. The number of benzene rings is 1. The molecule has 2 rings (SSSR count). The fraction of sp³-hybridized carbons (Fsp3) is 0.562. The number of hydrogen-bond acceptors (Lipinski definition) is 5. The van der Waals surface area contributed by atoms with Gasteiger partial charge < -0.3 is 10.1 Å². The number of nitro groups is 1. The third-order valence-electron chi connectivity index (χ3n) is 4.40. The summed E-state index contributed by atoms with van der Waals surface area (Å²) in [5.74, 6) is 0.838. The number of methoxy groups -OCH3 is 1. The van der Waals surface area contributed by atoms with Crippen LogP contribution >= 0.6 is 0 Å². The summed E-state index contributed by atoms with van der Waals surface area (Å²) in [6.45, 7) is 5.80. The van der Waals surface area contributed by atoms with Gasteiger partial charge in [-0.25, -0.2) is 0 Å². The third kappa shape index (κ3) is 4.19. The largest absolute Gasteiger partial charge is 0.496 e. The Hall–Kier alpha value is -2.15. The first-order chi connectivity index (χ1) is 10.9. The number of piperidine rings is 1. The number of anilines is 1. The van der Waals surface area contributed by atoms with Crippen LogP contribution in [0.2, 0.25) is 0 Å². The van der Waals surface area contributed by atoms with E-state index in [1.807, 2.05) is 6.92 Å². The summed E-state index contributed by atoms with van der Waals surface area (Å²) in [4.78, 5) is 25.2. The Morgan fingerprint density at radius 1 is 1.43 bits per heavy atom. The summed E-state index contributed by atoms with van der Waals surface area (Å²) in [7, 11) is 1.44. The Kier molecular flexibility index (Phi) is 5.54. The van der Waals surface area contributed by atoms with Gasteiger partial charge in [-0.1, -0.05) is 6.92 Å². The lowest BCUT2D eigenvalue weighted by Gasteiger charge is -2.34. The number of nitrogens with zero attached hydrogens (tertiary/aromatic N) is 2. The SMILES string of the molecule is COc1ccc(NC(=O)[C@H](C)N2CCC(C)CC2)c([N+](=O)[O-])c1. The average Bonchev–Trinajstić information content (AvgIpc) is 2.55. The van der Waals surface area contributed by atoms with Crippen LogP contribution in [-0.2, 0) is 4.79 Å². The molecule has 0 radical (unpaired) electrons. The van der Waals surface area contributed by atoms with Crippen LogP contribution in [0.15, 0.2) is 18.2 Å². The molecule has 0 aliphatic carbocycles. The first-order valence-electron chi connectivity index (χ1n) is 7.79. The molecule has 7 heteroatoms. The van der Waals surface area contributed by atoms with Gasteiger partial charge in [0, 0.05) is 0 Å². The van der Waals surface area contributed by atoms with Gasteiger partial charge in [0.15, 0.2) is 0 Å². The number of carbonyl (C=O) groups is 1. The van der Waals surface area contributed by atoms with Crippen molar-refractivity contribution >= 4 is 17.3 Å². The standard InChI is InChI=1S/C16H23N3O4/c1-11-6-8-18(9-7-11)12(2)16(20)17-14-5-4-13(23-3)10-15(14)19(21)22/h4-5,10-12H,6-9H2,1-3H3,(H,17,20)/t12-/m0/s1. The van der Waals surface area contributed by atoms with Crippen LogP contribution in [0.1, 0.15) is 26.7 Å². The summed E-state index contributed by atoms with van der Waals surface area (Å²) >= 11 is 0. The fourth-order valence-corrected chi connectivity index (χ4v) is 2.71. The normalized spacial score (nSPS) is 17.5. The lowest BCUT2D eigenvalue weighted by molar-refractivity contribution is -0.384. The van der Waals surface area contributed by atoms with E-state index in [2.05, 4.69) is 17.1 Å². The number of nitro benzene ring substituents is 1. The number of amides is 1. The molecule has 126 valence electrons. The van der Waals surface area contributed by atoms with Gasteiger partial charge >= 0.3 is 0 Å². The highest BCUT2D eigenvalue weighted by Gasteiger charge is 2.26. The second-order valence-electron chi connectivity index (χ2n) is 6.02. The molecule has 1 saturated heterocycles. The maximum absolute atomic E-state index is 12.4. The van der Waals surface area contributed by atoms with E-state index in [-0.39, 0.29) is 23.3 Å². The van der Waals surface area contributed by atoms with E-state index in [0.29, 0.717) is 11.7 Å². The van der Waals surface area contributed by atoms with Gasteiger partial charge in [-0.2, -0.15) is 0 Å². The molecule has 1 aliphatic heterocycles. The van der Waals surface area contributed by atoms with Crippen molar-refractivity contribution in [2.24, 2.45) is 5.92 Å². The molecule has 7 nitrogen and oxygen atoms in total. The van der Waals surface area contributed by atoms with Crippen molar-refractivity contribution in [2.45, 2.75) is 32.7 Å². The van der Waals surface area contributed by atoms with Crippen molar-refractivity contribution in [1.82, 2.24) is 4.90 Å². The van der Waals surface area contributed by atoms with Gasteiger partial charge in [0.05, 0.1) is 24.1 Å². The molecule has 0 aromatic heterocycles. The third-order valence-corrected chi connectivity index (χ3v) is 4.40. The molecule has 1 aromatic carbocycles. The van der Waals surface area contributed by atoms with E-state index in [0.717, 1.165) is 25.9 Å². The minimum atomic E-state index is -0.522. The minimum absolute atomic E-state index is 0.169. The molecule has 0 bridgehead atoms. The van der Waals surface area contributed by atoms with Crippen LogP contribution in [0.25, 0.3) is 0 Å². The van der Waals surface area contributed by atoms with Crippen molar-refractivity contribution in [3.05, 3.63) is 28.3 Å². The van der Waals surface area contributed by atoms with E-state index in [9.17, 15) is 14.9 Å². The molecule has 1 aliphatic rings. The molecule has 1 amide bonds. The van der Waals surface area contributed by atoms with Crippen LogP contribution in [0, 0.1) is 16.0 Å². The zero-order chi connectivity index (χ0) is 17.0. The molecule has 0 saturated carbocycles. The van der Waals surface area contributed by atoms with Crippen LogP contribution in [0.4, 0.5) is 11.4 Å². The predicted molar refractivity (Wildman–Crippen MR) is 87.7 cm³/mol. The van der Waals surface area contributed by atoms with E-state index >= 15 is 0 Å². The first-order valence-corrected chi connectivity index (χ1v) is 7.79. The maximum atomic E-state index is 12.4. The molecular weight excluding hydrogens is 298 g/mol. The zero-order valence-electron chi connectivity index (χ0n) is 13.7.